The Morgan fingerprint density at radius 3 is 2.36 bits per heavy atom. The van der Waals surface area contributed by atoms with Crippen LogP contribution in [0.25, 0.3) is 33.4 Å². The Morgan fingerprint density at radius 1 is 0.788 bits per heavy atom. The first-order valence-corrected chi connectivity index (χ1v) is 11.2. The van der Waals surface area contributed by atoms with Crippen LogP contribution >= 0.6 is 15.9 Å². The molecule has 0 unspecified atom stereocenters. The number of benzene rings is 4. The number of phenolic OH excluding ortho intramolecular Hbond substituents is 1. The SMILES string of the molecule is Oc1ccc2ccccc2c1/C=N\Nc1cc(-c2ccccc2)nc(-c2ccc(Br)cc2)n1. The van der Waals surface area contributed by atoms with E-state index in [2.05, 4.69) is 31.4 Å². The number of aromatic hydroxyl groups is 1. The number of phenols is 1. The van der Waals surface area contributed by atoms with Crippen LogP contribution in [0.5, 0.6) is 5.75 Å². The van der Waals surface area contributed by atoms with Crippen molar-refractivity contribution >= 4 is 38.7 Å². The van der Waals surface area contributed by atoms with Crippen molar-refractivity contribution in [1.82, 2.24) is 9.97 Å². The highest BCUT2D eigenvalue weighted by Gasteiger charge is 2.09. The largest absolute Gasteiger partial charge is 0.507 e. The number of hydrogen-bond acceptors (Lipinski definition) is 5. The number of anilines is 1. The molecule has 33 heavy (non-hydrogen) atoms. The fraction of sp³-hybridized carbons (Fsp3) is 0. The lowest BCUT2D eigenvalue weighted by atomic mass is 10.0. The number of halogens is 1. The van der Waals surface area contributed by atoms with Gasteiger partial charge in [0.1, 0.15) is 5.75 Å². The van der Waals surface area contributed by atoms with Gasteiger partial charge in [0.05, 0.1) is 11.9 Å². The normalized spacial score (nSPS) is 11.2. The predicted octanol–water partition coefficient (Wildman–Crippen LogP) is 6.88. The maximum atomic E-state index is 10.4. The molecular weight excluding hydrogens is 476 g/mol. The van der Waals surface area contributed by atoms with Gasteiger partial charge in [0.2, 0.25) is 0 Å². The molecule has 0 amide bonds. The molecule has 0 saturated heterocycles. The summed E-state index contributed by atoms with van der Waals surface area (Å²) in [6, 6.07) is 31.1. The van der Waals surface area contributed by atoms with Crippen molar-refractivity contribution in [2.75, 3.05) is 5.43 Å². The van der Waals surface area contributed by atoms with Gasteiger partial charge < -0.3 is 5.11 Å². The van der Waals surface area contributed by atoms with Crippen molar-refractivity contribution < 1.29 is 5.11 Å². The second-order valence-electron chi connectivity index (χ2n) is 7.42. The van der Waals surface area contributed by atoms with Crippen LogP contribution in [-0.4, -0.2) is 21.3 Å². The summed E-state index contributed by atoms with van der Waals surface area (Å²) in [6.45, 7) is 0. The zero-order valence-corrected chi connectivity index (χ0v) is 19.1. The highest BCUT2D eigenvalue weighted by atomic mass is 79.9. The molecule has 0 spiro atoms. The average Bonchev–Trinajstić information content (AvgIpc) is 2.86. The first-order valence-electron chi connectivity index (χ1n) is 10.4. The topological polar surface area (TPSA) is 70.4 Å². The van der Waals surface area contributed by atoms with Gasteiger partial charge in [-0.1, -0.05) is 88.7 Å². The lowest BCUT2D eigenvalue weighted by Gasteiger charge is -2.09. The minimum Gasteiger partial charge on any atom is -0.507 e. The van der Waals surface area contributed by atoms with Crippen LogP contribution in [0.4, 0.5) is 5.82 Å². The van der Waals surface area contributed by atoms with Gasteiger partial charge in [0.15, 0.2) is 11.6 Å². The molecule has 5 aromatic rings. The molecule has 0 aliphatic rings. The van der Waals surface area contributed by atoms with Gasteiger partial charge in [-0.05, 0) is 29.0 Å². The van der Waals surface area contributed by atoms with Gasteiger partial charge in [-0.15, -0.1) is 0 Å². The number of aromatic nitrogens is 2. The quantitative estimate of drug-likeness (QED) is 0.206. The highest BCUT2D eigenvalue weighted by molar-refractivity contribution is 9.10. The van der Waals surface area contributed by atoms with Gasteiger partial charge in [0, 0.05) is 27.2 Å². The highest BCUT2D eigenvalue weighted by Crippen LogP contribution is 2.27. The van der Waals surface area contributed by atoms with E-state index in [-0.39, 0.29) is 5.75 Å². The van der Waals surface area contributed by atoms with Crippen LogP contribution in [0.2, 0.25) is 0 Å². The summed E-state index contributed by atoms with van der Waals surface area (Å²) in [6.07, 6.45) is 1.61. The van der Waals surface area contributed by atoms with E-state index in [9.17, 15) is 5.11 Å². The molecule has 0 saturated carbocycles. The molecular formula is C27H19BrN4O. The Bertz CT molecular complexity index is 1450. The molecule has 5 rings (SSSR count). The maximum Gasteiger partial charge on any atom is 0.162 e. The molecule has 4 aromatic carbocycles. The molecule has 0 aliphatic heterocycles. The molecule has 6 heteroatoms. The fourth-order valence-electron chi connectivity index (χ4n) is 3.57. The molecule has 0 fully saturated rings. The monoisotopic (exact) mass is 494 g/mol. The first-order chi connectivity index (χ1) is 16.2. The Morgan fingerprint density at radius 2 is 1.55 bits per heavy atom. The van der Waals surface area contributed by atoms with Crippen LogP contribution in [0.15, 0.2) is 107 Å². The second kappa shape index (κ2) is 9.22. The van der Waals surface area contributed by atoms with Crippen molar-refractivity contribution in [3.63, 3.8) is 0 Å². The number of fused-ring (bicyclic) bond motifs is 1. The summed E-state index contributed by atoms with van der Waals surface area (Å²) in [4.78, 5) is 9.43. The lowest BCUT2D eigenvalue weighted by molar-refractivity contribution is 0.475. The average molecular weight is 495 g/mol. The third kappa shape index (κ3) is 4.61. The van der Waals surface area contributed by atoms with Crippen LogP contribution in [0.1, 0.15) is 5.56 Å². The van der Waals surface area contributed by atoms with E-state index in [0.717, 1.165) is 32.1 Å². The number of nitrogens with zero attached hydrogens (tertiary/aromatic N) is 3. The summed E-state index contributed by atoms with van der Waals surface area (Å²) in [7, 11) is 0. The molecule has 0 bridgehead atoms. The molecule has 160 valence electrons. The van der Waals surface area contributed by atoms with Crippen molar-refractivity contribution in [3.05, 3.63) is 107 Å². The number of hydrazone groups is 1. The summed E-state index contributed by atoms with van der Waals surface area (Å²) < 4.78 is 0.989. The van der Waals surface area contributed by atoms with Gasteiger partial charge in [-0.3, -0.25) is 5.43 Å². The standard InChI is InChI=1S/C27H19BrN4O/c28-21-13-10-20(11-14-21)27-30-24(19-7-2-1-3-8-19)16-26(31-27)32-29-17-23-22-9-5-4-6-18(22)12-15-25(23)33/h1-17,33H,(H,30,31,32)/b29-17-. The van der Waals surface area contributed by atoms with E-state index in [1.807, 2.05) is 91.0 Å². The lowest BCUT2D eigenvalue weighted by Crippen LogP contribution is -1.99. The molecule has 1 aromatic heterocycles. The van der Waals surface area contributed by atoms with Crippen molar-refractivity contribution in [3.8, 4) is 28.4 Å². The van der Waals surface area contributed by atoms with E-state index in [1.165, 1.54) is 0 Å². The fourth-order valence-corrected chi connectivity index (χ4v) is 3.84. The van der Waals surface area contributed by atoms with Gasteiger partial charge in [0.25, 0.3) is 0 Å². The summed E-state index contributed by atoms with van der Waals surface area (Å²) in [5.74, 6) is 1.31. The van der Waals surface area contributed by atoms with Crippen LogP contribution in [0.3, 0.4) is 0 Å². The Kier molecular flexibility index (Phi) is 5.83. The Hall–Kier alpha value is -4.03. The third-order valence-electron chi connectivity index (χ3n) is 5.22. The van der Waals surface area contributed by atoms with Crippen LogP contribution < -0.4 is 5.43 Å². The van der Waals surface area contributed by atoms with Crippen LogP contribution in [-0.2, 0) is 0 Å². The smallest absolute Gasteiger partial charge is 0.162 e. The summed E-state index contributed by atoms with van der Waals surface area (Å²) in [5.41, 5.74) is 6.33. The van der Waals surface area contributed by atoms with E-state index in [1.54, 1.807) is 12.3 Å². The molecule has 0 aliphatic carbocycles. The van der Waals surface area contributed by atoms with E-state index in [0.29, 0.717) is 17.2 Å². The zero-order valence-electron chi connectivity index (χ0n) is 17.5. The summed E-state index contributed by atoms with van der Waals surface area (Å²) in [5, 5.41) is 16.7. The van der Waals surface area contributed by atoms with Crippen molar-refractivity contribution in [1.29, 1.82) is 0 Å². The number of hydrogen-bond donors (Lipinski definition) is 2. The van der Waals surface area contributed by atoms with Gasteiger partial charge in [-0.2, -0.15) is 5.10 Å². The van der Waals surface area contributed by atoms with Crippen molar-refractivity contribution in [2.45, 2.75) is 0 Å². The number of rotatable bonds is 5. The molecule has 5 nitrogen and oxygen atoms in total. The zero-order chi connectivity index (χ0) is 22.6. The van der Waals surface area contributed by atoms with Crippen molar-refractivity contribution in [2.24, 2.45) is 5.10 Å². The third-order valence-corrected chi connectivity index (χ3v) is 5.75. The minimum atomic E-state index is 0.169. The molecule has 2 N–H and O–H groups in total. The van der Waals surface area contributed by atoms with Gasteiger partial charge >= 0.3 is 0 Å². The minimum absolute atomic E-state index is 0.169. The Labute approximate surface area is 199 Å². The summed E-state index contributed by atoms with van der Waals surface area (Å²) >= 11 is 3.47. The predicted molar refractivity (Wildman–Crippen MR) is 137 cm³/mol. The maximum absolute atomic E-state index is 10.4. The molecule has 0 atom stereocenters. The van der Waals surface area contributed by atoms with E-state index < -0.39 is 0 Å². The van der Waals surface area contributed by atoms with E-state index >= 15 is 0 Å². The van der Waals surface area contributed by atoms with E-state index in [4.69, 9.17) is 4.98 Å². The van der Waals surface area contributed by atoms with Gasteiger partial charge in [-0.25, -0.2) is 9.97 Å². The van der Waals surface area contributed by atoms with Crippen LogP contribution in [0, 0.1) is 0 Å². The first kappa shape index (κ1) is 20.8. The Balaban J connectivity index is 1.52. The molecule has 0 radical (unpaired) electrons. The number of nitrogens with one attached hydrogen (secondary N) is 1. The molecule has 1 heterocycles. The second-order valence-corrected chi connectivity index (χ2v) is 8.34.